The van der Waals surface area contributed by atoms with E-state index in [1.54, 1.807) is 6.92 Å². The zero-order valence-corrected chi connectivity index (χ0v) is 9.68. The number of halogens is 1. The minimum Gasteiger partial charge on any atom is -0.394 e. The lowest BCUT2D eigenvalue weighted by Gasteiger charge is -2.20. The Bertz CT molecular complexity index is 529. The number of fused-ring (bicyclic) bond motifs is 1. The highest BCUT2D eigenvalue weighted by molar-refractivity contribution is 6.52. The van der Waals surface area contributed by atoms with Crippen molar-refractivity contribution in [1.82, 2.24) is 0 Å². The third-order valence-corrected chi connectivity index (χ3v) is 2.82. The van der Waals surface area contributed by atoms with E-state index in [0.29, 0.717) is 11.3 Å². The van der Waals surface area contributed by atoms with Crippen LogP contribution in [0.1, 0.15) is 15.9 Å². The number of amides is 1. The van der Waals surface area contributed by atoms with Gasteiger partial charge in [0, 0.05) is 0 Å². The third kappa shape index (κ3) is 1.89. The Kier molecular flexibility index (Phi) is 3.14. The molecule has 1 amide bonds. The molecule has 96 valence electrons. The maximum absolute atomic E-state index is 13.2. The number of aliphatic hydroxyl groups excluding tert-OH is 2. The Hall–Kier alpha value is -1.79. The summed E-state index contributed by atoms with van der Waals surface area (Å²) < 4.78 is 13.2. The van der Waals surface area contributed by atoms with Crippen LogP contribution in [0.4, 0.5) is 10.1 Å². The van der Waals surface area contributed by atoms with Crippen LogP contribution in [-0.2, 0) is 4.79 Å². The van der Waals surface area contributed by atoms with Crippen LogP contribution < -0.4 is 4.90 Å². The van der Waals surface area contributed by atoms with E-state index in [-0.39, 0.29) is 12.1 Å². The van der Waals surface area contributed by atoms with Gasteiger partial charge in [-0.25, -0.2) is 4.39 Å². The van der Waals surface area contributed by atoms with Crippen LogP contribution in [0.3, 0.4) is 0 Å². The molecule has 0 spiro atoms. The number of nitrogens with zero attached hydrogens (tertiary/aromatic N) is 1. The molecule has 5 nitrogen and oxygen atoms in total. The minimum absolute atomic E-state index is 0.00244. The summed E-state index contributed by atoms with van der Waals surface area (Å²) in [6.45, 7) is 0.861. The molecule has 0 aliphatic carbocycles. The van der Waals surface area contributed by atoms with E-state index in [1.165, 1.54) is 6.07 Å². The summed E-state index contributed by atoms with van der Waals surface area (Å²) in [4.78, 5) is 24.5. The zero-order chi connectivity index (χ0) is 13.4. The standard InChI is InChI=1S/C12H12FNO4/c1-6-2-7(13)3-9-10(6)14(4-8(16)5-15)12(18)11(9)17/h2-3,8,15-16H,4-5H2,1H3. The van der Waals surface area contributed by atoms with Gasteiger partial charge in [-0.15, -0.1) is 0 Å². The molecule has 1 heterocycles. The topological polar surface area (TPSA) is 77.8 Å². The van der Waals surface area contributed by atoms with Crippen LogP contribution in [0.15, 0.2) is 12.1 Å². The molecule has 18 heavy (non-hydrogen) atoms. The van der Waals surface area contributed by atoms with Crippen molar-refractivity contribution in [3.05, 3.63) is 29.1 Å². The van der Waals surface area contributed by atoms with Crippen LogP contribution >= 0.6 is 0 Å². The molecule has 0 aromatic heterocycles. The number of Topliss-reactive ketones (excluding diaryl/α,β-unsaturated/α-hetero) is 1. The lowest BCUT2D eigenvalue weighted by molar-refractivity contribution is -0.114. The quantitative estimate of drug-likeness (QED) is 0.744. The van der Waals surface area contributed by atoms with Crippen LogP contribution in [0, 0.1) is 12.7 Å². The fourth-order valence-electron chi connectivity index (χ4n) is 2.05. The van der Waals surface area contributed by atoms with E-state index in [9.17, 15) is 19.1 Å². The number of anilines is 1. The molecule has 2 rings (SSSR count). The monoisotopic (exact) mass is 253 g/mol. The second-order valence-corrected chi connectivity index (χ2v) is 4.20. The summed E-state index contributed by atoms with van der Waals surface area (Å²) in [6.07, 6.45) is -1.14. The van der Waals surface area contributed by atoms with Gasteiger partial charge in [-0.1, -0.05) is 0 Å². The Morgan fingerprint density at radius 1 is 1.39 bits per heavy atom. The van der Waals surface area contributed by atoms with Gasteiger partial charge in [0.1, 0.15) is 5.82 Å². The average molecular weight is 253 g/mol. The van der Waals surface area contributed by atoms with E-state index < -0.39 is 30.2 Å². The summed E-state index contributed by atoms with van der Waals surface area (Å²) in [5.74, 6) is -2.19. The number of hydrogen-bond donors (Lipinski definition) is 2. The van der Waals surface area contributed by atoms with E-state index in [2.05, 4.69) is 0 Å². The molecule has 1 aromatic carbocycles. The van der Waals surface area contributed by atoms with Crippen molar-refractivity contribution in [1.29, 1.82) is 0 Å². The Balaban J connectivity index is 2.48. The molecule has 0 fully saturated rings. The molecular formula is C12H12FNO4. The zero-order valence-electron chi connectivity index (χ0n) is 9.68. The maximum Gasteiger partial charge on any atom is 0.299 e. The number of rotatable bonds is 3. The molecule has 1 atom stereocenters. The Morgan fingerprint density at radius 3 is 2.67 bits per heavy atom. The van der Waals surface area contributed by atoms with Gasteiger partial charge in [0.25, 0.3) is 11.7 Å². The Labute approximate surface area is 102 Å². The van der Waals surface area contributed by atoms with Gasteiger partial charge >= 0.3 is 0 Å². The number of carbonyl (C=O) groups is 2. The third-order valence-electron chi connectivity index (χ3n) is 2.82. The van der Waals surface area contributed by atoms with Crippen molar-refractivity contribution in [3.63, 3.8) is 0 Å². The SMILES string of the molecule is Cc1cc(F)cc2c1N(CC(O)CO)C(=O)C2=O. The second kappa shape index (κ2) is 4.47. The van der Waals surface area contributed by atoms with Crippen molar-refractivity contribution in [2.24, 2.45) is 0 Å². The van der Waals surface area contributed by atoms with Crippen LogP contribution in [0.5, 0.6) is 0 Å². The number of benzene rings is 1. The number of ketones is 1. The molecule has 2 N–H and O–H groups in total. The number of β-amino-alcohol motifs (C(OH)–C–C–N with tert-alkyl or cyclic N) is 1. The molecular weight excluding hydrogens is 241 g/mol. The minimum atomic E-state index is -1.14. The molecule has 1 aromatic rings. The average Bonchev–Trinajstić information content (AvgIpc) is 2.54. The molecule has 0 radical (unpaired) electrons. The van der Waals surface area contributed by atoms with Gasteiger partial charge in [-0.2, -0.15) is 0 Å². The van der Waals surface area contributed by atoms with Gasteiger partial charge in [-0.3, -0.25) is 9.59 Å². The van der Waals surface area contributed by atoms with Crippen LogP contribution in [0.2, 0.25) is 0 Å². The van der Waals surface area contributed by atoms with Crippen molar-refractivity contribution in [3.8, 4) is 0 Å². The first kappa shape index (κ1) is 12.7. The van der Waals surface area contributed by atoms with Gasteiger partial charge in [0.15, 0.2) is 0 Å². The van der Waals surface area contributed by atoms with Gasteiger partial charge in [0.2, 0.25) is 0 Å². The highest BCUT2D eigenvalue weighted by atomic mass is 19.1. The van der Waals surface area contributed by atoms with E-state index >= 15 is 0 Å². The summed E-state index contributed by atoms with van der Waals surface area (Å²) >= 11 is 0. The van der Waals surface area contributed by atoms with Crippen molar-refractivity contribution in [2.45, 2.75) is 13.0 Å². The summed E-state index contributed by atoms with van der Waals surface area (Å²) in [5, 5.41) is 18.1. The predicted molar refractivity (Wildman–Crippen MR) is 60.9 cm³/mol. The summed E-state index contributed by atoms with van der Waals surface area (Å²) in [7, 11) is 0. The highest BCUT2D eigenvalue weighted by Crippen LogP contribution is 2.33. The maximum atomic E-state index is 13.2. The first-order chi connectivity index (χ1) is 8.45. The lowest BCUT2D eigenvalue weighted by Crippen LogP contribution is -2.38. The summed E-state index contributed by atoms with van der Waals surface area (Å²) in [6, 6.07) is 2.22. The van der Waals surface area contributed by atoms with Crippen molar-refractivity contribution in [2.75, 3.05) is 18.1 Å². The fraction of sp³-hybridized carbons (Fsp3) is 0.333. The van der Waals surface area contributed by atoms with E-state index in [1.807, 2.05) is 0 Å². The molecule has 0 saturated carbocycles. The normalized spacial score (nSPS) is 16.1. The smallest absolute Gasteiger partial charge is 0.299 e. The number of aryl methyl sites for hydroxylation is 1. The van der Waals surface area contributed by atoms with E-state index in [4.69, 9.17) is 5.11 Å². The molecule has 1 aliphatic rings. The van der Waals surface area contributed by atoms with Gasteiger partial charge < -0.3 is 15.1 Å². The van der Waals surface area contributed by atoms with Gasteiger partial charge in [0.05, 0.1) is 30.5 Å². The second-order valence-electron chi connectivity index (χ2n) is 4.20. The fourth-order valence-corrected chi connectivity index (χ4v) is 2.05. The van der Waals surface area contributed by atoms with Crippen LogP contribution in [0.25, 0.3) is 0 Å². The molecule has 1 unspecified atom stereocenters. The highest BCUT2D eigenvalue weighted by Gasteiger charge is 2.38. The number of carbonyl (C=O) groups excluding carboxylic acids is 2. The molecule has 0 bridgehead atoms. The largest absolute Gasteiger partial charge is 0.394 e. The van der Waals surface area contributed by atoms with Crippen LogP contribution in [-0.4, -0.2) is 41.2 Å². The molecule has 6 heteroatoms. The lowest BCUT2D eigenvalue weighted by atomic mass is 10.1. The van der Waals surface area contributed by atoms with Crippen molar-refractivity contribution < 1.29 is 24.2 Å². The number of hydrogen-bond acceptors (Lipinski definition) is 4. The van der Waals surface area contributed by atoms with Gasteiger partial charge in [-0.05, 0) is 24.6 Å². The number of aliphatic hydroxyl groups is 2. The first-order valence-corrected chi connectivity index (χ1v) is 5.41. The predicted octanol–water partition coefficient (Wildman–Crippen LogP) is 0.0166. The van der Waals surface area contributed by atoms with Crippen molar-refractivity contribution >= 4 is 17.4 Å². The summed E-state index contributed by atoms with van der Waals surface area (Å²) in [5.41, 5.74) is 0.746. The Morgan fingerprint density at radius 2 is 2.06 bits per heavy atom. The first-order valence-electron chi connectivity index (χ1n) is 5.41. The van der Waals surface area contributed by atoms with E-state index in [0.717, 1.165) is 11.0 Å². The molecule has 0 saturated heterocycles. The molecule has 1 aliphatic heterocycles.